The first-order valence-corrected chi connectivity index (χ1v) is 8.94. The van der Waals surface area contributed by atoms with Crippen LogP contribution in [0.3, 0.4) is 0 Å². The lowest BCUT2D eigenvalue weighted by molar-refractivity contribution is 0.281. The van der Waals surface area contributed by atoms with Crippen LogP contribution in [-0.2, 0) is 0 Å². The molecule has 0 aliphatic carbocycles. The second-order valence-electron chi connectivity index (χ2n) is 6.09. The monoisotopic (exact) mass is 295 g/mol. The van der Waals surface area contributed by atoms with Crippen LogP contribution in [0.1, 0.15) is 84.0 Å². The molecule has 0 spiro atoms. The van der Waals surface area contributed by atoms with Crippen molar-refractivity contribution in [3.05, 3.63) is 24.3 Å². The van der Waals surface area contributed by atoms with E-state index in [1.165, 1.54) is 70.6 Å². The van der Waals surface area contributed by atoms with Gasteiger partial charge in [-0.15, -0.1) is 0 Å². The van der Waals surface area contributed by atoms with Crippen LogP contribution in [0.2, 0.25) is 0 Å². The maximum absolute atomic E-state index is 8.89. The topological polar surface area (TPSA) is 46.2 Å². The molecule has 0 saturated carbocycles. The van der Waals surface area contributed by atoms with Crippen molar-refractivity contribution in [2.24, 2.45) is 5.73 Å². The van der Waals surface area contributed by atoms with Gasteiger partial charge in [0.25, 0.3) is 0 Å². The van der Waals surface area contributed by atoms with Crippen molar-refractivity contribution >= 4 is 0 Å². The van der Waals surface area contributed by atoms with Crippen molar-refractivity contribution in [2.45, 2.75) is 90.0 Å². The first-order valence-electron chi connectivity index (χ1n) is 8.94. The Morgan fingerprint density at radius 1 is 0.952 bits per heavy atom. The number of unbranched alkanes of at least 4 members (excludes halogenated alkanes) is 11. The summed E-state index contributed by atoms with van der Waals surface area (Å²) in [7, 11) is 0. The number of allylic oxidation sites excluding steroid dienone is 1. The Morgan fingerprint density at radius 2 is 1.43 bits per heavy atom. The zero-order valence-corrected chi connectivity index (χ0v) is 14.2. The van der Waals surface area contributed by atoms with Gasteiger partial charge < -0.3 is 10.8 Å². The van der Waals surface area contributed by atoms with Crippen molar-refractivity contribution in [1.82, 2.24) is 0 Å². The van der Waals surface area contributed by atoms with Crippen LogP contribution < -0.4 is 5.73 Å². The molecule has 0 fully saturated rings. The highest BCUT2D eigenvalue weighted by atomic mass is 16.3. The maximum Gasteiger partial charge on any atom is 0.0624 e. The van der Waals surface area contributed by atoms with Crippen LogP contribution in [0.4, 0.5) is 0 Å². The van der Waals surface area contributed by atoms with Crippen molar-refractivity contribution in [2.75, 3.05) is 6.61 Å². The molecule has 3 N–H and O–H groups in total. The molecule has 2 nitrogen and oxygen atoms in total. The molecule has 0 aromatic carbocycles. The Balaban J connectivity index is 3.22. The van der Waals surface area contributed by atoms with E-state index in [0.717, 1.165) is 12.0 Å². The molecule has 1 atom stereocenters. The SMILES string of the molecule is C=C(/C=C/CCCCCCCCCCCCC)[C@@H](N)CO. The van der Waals surface area contributed by atoms with Crippen molar-refractivity contribution in [3.63, 3.8) is 0 Å². The zero-order chi connectivity index (χ0) is 15.8. The van der Waals surface area contributed by atoms with Crippen LogP contribution in [0.5, 0.6) is 0 Å². The molecule has 0 unspecified atom stereocenters. The average Bonchev–Trinajstić information content (AvgIpc) is 2.50. The minimum absolute atomic E-state index is 0.0262. The number of aliphatic hydroxyl groups is 1. The van der Waals surface area contributed by atoms with Crippen LogP contribution >= 0.6 is 0 Å². The normalized spacial score (nSPS) is 12.9. The summed E-state index contributed by atoms with van der Waals surface area (Å²) >= 11 is 0. The summed E-state index contributed by atoms with van der Waals surface area (Å²) in [6.45, 7) is 6.09. The van der Waals surface area contributed by atoms with E-state index in [4.69, 9.17) is 10.8 Å². The van der Waals surface area contributed by atoms with Crippen LogP contribution in [0.15, 0.2) is 24.3 Å². The summed E-state index contributed by atoms with van der Waals surface area (Å²) in [4.78, 5) is 0. The Morgan fingerprint density at radius 3 is 1.90 bits per heavy atom. The van der Waals surface area contributed by atoms with E-state index >= 15 is 0 Å². The quantitative estimate of drug-likeness (QED) is 0.325. The lowest BCUT2D eigenvalue weighted by Crippen LogP contribution is -2.25. The summed E-state index contributed by atoms with van der Waals surface area (Å²) in [6.07, 6.45) is 20.3. The number of hydrogen-bond acceptors (Lipinski definition) is 2. The third kappa shape index (κ3) is 14.1. The van der Waals surface area contributed by atoms with Gasteiger partial charge in [0, 0.05) is 0 Å². The summed E-state index contributed by atoms with van der Waals surface area (Å²) in [5.41, 5.74) is 6.48. The number of rotatable bonds is 15. The second-order valence-corrected chi connectivity index (χ2v) is 6.09. The molecule has 2 heteroatoms. The first-order chi connectivity index (χ1) is 10.2. The van der Waals surface area contributed by atoms with Gasteiger partial charge >= 0.3 is 0 Å². The van der Waals surface area contributed by atoms with E-state index in [2.05, 4.69) is 19.6 Å². The summed E-state index contributed by atoms with van der Waals surface area (Å²) in [6, 6.07) is -0.307. The summed E-state index contributed by atoms with van der Waals surface area (Å²) < 4.78 is 0. The average molecular weight is 296 g/mol. The van der Waals surface area contributed by atoms with Gasteiger partial charge in [0.2, 0.25) is 0 Å². The lowest BCUT2D eigenvalue weighted by Gasteiger charge is -2.06. The second kappa shape index (κ2) is 15.8. The molecule has 0 aromatic rings. The number of aliphatic hydroxyl groups excluding tert-OH is 1. The Kier molecular flexibility index (Phi) is 15.3. The Hall–Kier alpha value is -0.600. The molecule has 0 rings (SSSR count). The van der Waals surface area contributed by atoms with E-state index in [1.54, 1.807) is 0 Å². The van der Waals surface area contributed by atoms with Gasteiger partial charge in [-0.05, 0) is 18.4 Å². The highest BCUT2D eigenvalue weighted by Gasteiger charge is 2.00. The van der Waals surface area contributed by atoms with E-state index in [0.29, 0.717) is 0 Å². The molecule has 0 radical (unpaired) electrons. The van der Waals surface area contributed by atoms with Gasteiger partial charge in [0.1, 0.15) is 0 Å². The standard InChI is InChI=1S/C19H37NO/c1-3-4-5-6-7-8-9-10-11-12-13-14-15-16-18(2)19(20)17-21/h15-16,19,21H,2-14,17,20H2,1H3/b16-15+/t19-/m0/s1. The predicted molar refractivity (Wildman–Crippen MR) is 94.4 cm³/mol. The molecule has 21 heavy (non-hydrogen) atoms. The first kappa shape index (κ1) is 20.4. The molecule has 0 aromatic heterocycles. The van der Waals surface area contributed by atoms with Gasteiger partial charge in [-0.3, -0.25) is 0 Å². The molecular weight excluding hydrogens is 258 g/mol. The maximum atomic E-state index is 8.89. The molecule has 0 aliphatic rings. The summed E-state index contributed by atoms with van der Waals surface area (Å²) in [5, 5.41) is 8.89. The third-order valence-corrected chi connectivity index (χ3v) is 3.98. The number of hydrogen-bond donors (Lipinski definition) is 2. The van der Waals surface area contributed by atoms with Gasteiger partial charge in [0.15, 0.2) is 0 Å². The molecule has 124 valence electrons. The van der Waals surface area contributed by atoms with Crippen molar-refractivity contribution < 1.29 is 5.11 Å². The Bertz CT molecular complexity index is 260. The molecule has 0 amide bonds. The third-order valence-electron chi connectivity index (χ3n) is 3.98. The highest BCUT2D eigenvalue weighted by Crippen LogP contribution is 2.12. The summed E-state index contributed by atoms with van der Waals surface area (Å²) in [5.74, 6) is 0. The van der Waals surface area contributed by atoms with Gasteiger partial charge in [-0.25, -0.2) is 0 Å². The van der Waals surface area contributed by atoms with E-state index < -0.39 is 0 Å². The number of nitrogens with two attached hydrogens (primary N) is 1. The fourth-order valence-electron chi connectivity index (χ4n) is 2.40. The molecule has 0 aliphatic heterocycles. The van der Waals surface area contributed by atoms with Gasteiger partial charge in [-0.1, -0.05) is 89.9 Å². The highest BCUT2D eigenvalue weighted by molar-refractivity contribution is 5.20. The smallest absolute Gasteiger partial charge is 0.0624 e. The molecule has 0 bridgehead atoms. The van der Waals surface area contributed by atoms with Crippen LogP contribution in [0, 0.1) is 0 Å². The molecule has 0 saturated heterocycles. The van der Waals surface area contributed by atoms with E-state index in [9.17, 15) is 0 Å². The van der Waals surface area contributed by atoms with Crippen molar-refractivity contribution in [3.8, 4) is 0 Å². The fraction of sp³-hybridized carbons (Fsp3) is 0.789. The van der Waals surface area contributed by atoms with Crippen molar-refractivity contribution in [1.29, 1.82) is 0 Å². The largest absolute Gasteiger partial charge is 0.394 e. The minimum Gasteiger partial charge on any atom is -0.394 e. The molecule has 0 heterocycles. The zero-order valence-electron chi connectivity index (χ0n) is 14.2. The van der Waals surface area contributed by atoms with Gasteiger partial charge in [0.05, 0.1) is 12.6 Å². The van der Waals surface area contributed by atoms with Gasteiger partial charge in [-0.2, -0.15) is 0 Å². The van der Waals surface area contributed by atoms with E-state index in [-0.39, 0.29) is 12.6 Å². The predicted octanol–water partition coefficient (Wildman–Crippen LogP) is 5.12. The van der Waals surface area contributed by atoms with E-state index in [1.807, 2.05) is 6.08 Å². The minimum atomic E-state index is -0.307. The molecular formula is C19H37NO. The van der Waals surface area contributed by atoms with Crippen LogP contribution in [-0.4, -0.2) is 17.8 Å². The lowest BCUT2D eigenvalue weighted by atomic mass is 10.0. The van der Waals surface area contributed by atoms with Crippen LogP contribution in [0.25, 0.3) is 0 Å². The Labute approximate surface area is 132 Å². The fourth-order valence-corrected chi connectivity index (χ4v) is 2.40.